The van der Waals surface area contributed by atoms with Crippen molar-refractivity contribution in [3.05, 3.63) is 53.6 Å². The van der Waals surface area contributed by atoms with Crippen LogP contribution in [0.15, 0.2) is 42.5 Å². The zero-order chi connectivity index (χ0) is 19.5. The maximum Gasteiger partial charge on any atom is 0.573 e. The van der Waals surface area contributed by atoms with Crippen molar-refractivity contribution in [2.75, 3.05) is 6.61 Å². The lowest BCUT2D eigenvalue weighted by molar-refractivity contribution is -0.274. The van der Waals surface area contributed by atoms with Gasteiger partial charge in [-0.2, -0.15) is 13.2 Å². The number of benzene rings is 2. The van der Waals surface area contributed by atoms with E-state index in [-0.39, 0.29) is 23.3 Å². The van der Waals surface area contributed by atoms with Gasteiger partial charge in [0.25, 0.3) is 0 Å². The molecule has 0 bridgehead atoms. The number of carbonyl (C=O) groups is 1. The average molecular weight is 378 g/mol. The number of hydrogen-bond acceptors (Lipinski definition) is 3. The minimum absolute atomic E-state index is 0.0122. The normalized spacial score (nSPS) is 12.0. The lowest BCUT2D eigenvalue weighted by atomic mass is 9.97. The molecule has 0 atom stereocenters. The number of esters is 1. The quantitative estimate of drug-likeness (QED) is 0.524. The zero-order valence-corrected chi connectivity index (χ0v) is 13.2. The van der Waals surface area contributed by atoms with E-state index in [4.69, 9.17) is 4.74 Å². The van der Waals surface area contributed by atoms with Gasteiger partial charge in [-0.25, -0.2) is 4.79 Å². The first-order valence-corrected chi connectivity index (χ1v) is 7.26. The molecule has 0 aliphatic rings. The molecule has 0 heterocycles. The fourth-order valence-electron chi connectivity index (χ4n) is 2.21. The molecule has 0 radical (unpaired) electrons. The molecule has 2 aromatic carbocycles. The van der Waals surface area contributed by atoms with Gasteiger partial charge in [-0.3, -0.25) is 0 Å². The van der Waals surface area contributed by atoms with Gasteiger partial charge >= 0.3 is 18.5 Å². The Morgan fingerprint density at radius 2 is 1.69 bits per heavy atom. The number of ether oxygens (including phenoxy) is 2. The molecule has 140 valence electrons. The zero-order valence-electron chi connectivity index (χ0n) is 13.2. The first-order valence-electron chi connectivity index (χ1n) is 7.26. The highest BCUT2D eigenvalue weighted by atomic mass is 19.4. The smallest absolute Gasteiger partial charge is 0.462 e. The second-order valence-electron chi connectivity index (χ2n) is 5.05. The van der Waals surface area contributed by atoms with Crippen LogP contribution in [0, 0.1) is 0 Å². The molecule has 0 spiro atoms. The van der Waals surface area contributed by atoms with Crippen LogP contribution in [0.25, 0.3) is 11.1 Å². The number of rotatable bonds is 4. The summed E-state index contributed by atoms with van der Waals surface area (Å²) in [6.45, 7) is 1.50. The Labute approximate surface area is 144 Å². The second kappa shape index (κ2) is 7.27. The molecule has 0 N–H and O–H groups in total. The van der Waals surface area contributed by atoms with E-state index in [9.17, 15) is 31.1 Å². The molecule has 0 aliphatic carbocycles. The number of halogens is 6. The molecule has 0 saturated carbocycles. The van der Waals surface area contributed by atoms with E-state index in [1.165, 1.54) is 13.0 Å². The van der Waals surface area contributed by atoms with Gasteiger partial charge in [0.1, 0.15) is 5.75 Å². The Morgan fingerprint density at radius 3 is 2.27 bits per heavy atom. The Hall–Kier alpha value is -2.71. The molecule has 2 aromatic rings. The molecule has 26 heavy (non-hydrogen) atoms. The third kappa shape index (κ3) is 4.90. The number of alkyl halides is 6. The Morgan fingerprint density at radius 1 is 1.00 bits per heavy atom. The third-order valence-electron chi connectivity index (χ3n) is 3.22. The molecule has 0 unspecified atom stereocenters. The van der Waals surface area contributed by atoms with Gasteiger partial charge in [-0.05, 0) is 48.4 Å². The van der Waals surface area contributed by atoms with Gasteiger partial charge in [-0.15, -0.1) is 13.2 Å². The highest BCUT2D eigenvalue weighted by Crippen LogP contribution is 2.35. The van der Waals surface area contributed by atoms with Crippen molar-refractivity contribution in [3.63, 3.8) is 0 Å². The third-order valence-corrected chi connectivity index (χ3v) is 3.22. The van der Waals surface area contributed by atoms with E-state index < -0.39 is 29.8 Å². The van der Waals surface area contributed by atoms with Crippen LogP contribution in [0.4, 0.5) is 26.3 Å². The first-order chi connectivity index (χ1) is 12.0. The first kappa shape index (κ1) is 19.6. The van der Waals surface area contributed by atoms with Crippen LogP contribution in [-0.2, 0) is 10.9 Å². The van der Waals surface area contributed by atoms with Crippen LogP contribution in [0.1, 0.15) is 22.8 Å². The van der Waals surface area contributed by atoms with E-state index in [0.717, 1.165) is 36.4 Å². The molecular weight excluding hydrogens is 366 g/mol. The predicted octanol–water partition coefficient (Wildman–Crippen LogP) is 5.45. The van der Waals surface area contributed by atoms with E-state index >= 15 is 0 Å². The Balaban J connectivity index is 2.59. The van der Waals surface area contributed by atoms with E-state index in [2.05, 4.69) is 4.74 Å². The van der Waals surface area contributed by atoms with Crippen LogP contribution < -0.4 is 4.74 Å². The Bertz CT molecular complexity index is 796. The molecule has 3 nitrogen and oxygen atoms in total. The highest BCUT2D eigenvalue weighted by molar-refractivity contribution is 5.97. The van der Waals surface area contributed by atoms with Gasteiger partial charge < -0.3 is 9.47 Å². The van der Waals surface area contributed by atoms with Crippen molar-refractivity contribution in [1.82, 2.24) is 0 Å². The molecule has 0 saturated heterocycles. The minimum atomic E-state index is -4.99. The van der Waals surface area contributed by atoms with Crippen LogP contribution in [-0.4, -0.2) is 18.9 Å². The topological polar surface area (TPSA) is 35.5 Å². The summed E-state index contributed by atoms with van der Waals surface area (Å²) in [6, 6.07) is 6.61. The van der Waals surface area contributed by atoms with Crippen molar-refractivity contribution in [2.24, 2.45) is 0 Å². The minimum Gasteiger partial charge on any atom is -0.462 e. The predicted molar refractivity (Wildman–Crippen MR) is 79.5 cm³/mol. The molecule has 2 rings (SSSR count). The SMILES string of the molecule is CCOC(=O)c1ccc(OC(F)(F)F)cc1-c1cccc(C(F)(F)F)c1. The fourth-order valence-corrected chi connectivity index (χ4v) is 2.21. The molecule has 0 aromatic heterocycles. The van der Waals surface area contributed by atoms with Gasteiger partial charge in [0, 0.05) is 0 Å². The summed E-state index contributed by atoms with van der Waals surface area (Å²) in [5.41, 5.74) is -1.46. The van der Waals surface area contributed by atoms with E-state index in [1.54, 1.807) is 0 Å². The summed E-state index contributed by atoms with van der Waals surface area (Å²) in [5, 5.41) is 0. The maximum absolute atomic E-state index is 12.9. The van der Waals surface area contributed by atoms with Crippen LogP contribution in [0.5, 0.6) is 5.75 Å². The van der Waals surface area contributed by atoms with E-state index in [0.29, 0.717) is 0 Å². The molecule has 0 amide bonds. The molecule has 0 fully saturated rings. The van der Waals surface area contributed by atoms with Crippen molar-refractivity contribution >= 4 is 5.97 Å². The molecule has 0 aliphatic heterocycles. The molecule has 9 heteroatoms. The lowest BCUT2D eigenvalue weighted by Crippen LogP contribution is -2.17. The van der Waals surface area contributed by atoms with Crippen molar-refractivity contribution < 1.29 is 40.6 Å². The van der Waals surface area contributed by atoms with Gasteiger partial charge in [-0.1, -0.05) is 12.1 Å². The second-order valence-corrected chi connectivity index (χ2v) is 5.05. The van der Waals surface area contributed by atoms with Crippen molar-refractivity contribution in [3.8, 4) is 16.9 Å². The largest absolute Gasteiger partial charge is 0.573 e. The summed E-state index contributed by atoms with van der Waals surface area (Å²) >= 11 is 0. The lowest BCUT2D eigenvalue weighted by Gasteiger charge is -2.14. The standard InChI is InChI=1S/C17H12F6O3/c1-2-25-15(24)13-7-6-12(26-17(21,22)23)9-14(13)10-4-3-5-11(8-10)16(18,19)20/h3-9H,2H2,1H3. The number of carbonyl (C=O) groups excluding carboxylic acids is 1. The maximum atomic E-state index is 12.9. The van der Waals surface area contributed by atoms with Gasteiger partial charge in [0.05, 0.1) is 17.7 Å². The highest BCUT2D eigenvalue weighted by Gasteiger charge is 2.32. The van der Waals surface area contributed by atoms with Crippen molar-refractivity contribution in [1.29, 1.82) is 0 Å². The molecular formula is C17H12F6O3. The monoisotopic (exact) mass is 378 g/mol. The summed E-state index contributed by atoms with van der Waals surface area (Å²) in [7, 11) is 0. The van der Waals surface area contributed by atoms with Crippen LogP contribution in [0.2, 0.25) is 0 Å². The average Bonchev–Trinajstić information content (AvgIpc) is 2.53. The van der Waals surface area contributed by atoms with E-state index in [1.807, 2.05) is 0 Å². The fraction of sp³-hybridized carbons (Fsp3) is 0.235. The van der Waals surface area contributed by atoms with Crippen molar-refractivity contribution in [2.45, 2.75) is 19.5 Å². The summed E-state index contributed by atoms with van der Waals surface area (Å²) in [6.07, 6.45) is -9.64. The number of hydrogen-bond donors (Lipinski definition) is 0. The summed E-state index contributed by atoms with van der Waals surface area (Å²) in [5.74, 6) is -1.54. The summed E-state index contributed by atoms with van der Waals surface area (Å²) < 4.78 is 84.5. The van der Waals surface area contributed by atoms with Crippen LogP contribution >= 0.6 is 0 Å². The van der Waals surface area contributed by atoms with Crippen LogP contribution in [0.3, 0.4) is 0 Å². The van der Waals surface area contributed by atoms with Gasteiger partial charge in [0.2, 0.25) is 0 Å². The summed E-state index contributed by atoms with van der Waals surface area (Å²) in [4.78, 5) is 12.0. The Kier molecular flexibility index (Phi) is 5.48. The van der Waals surface area contributed by atoms with Gasteiger partial charge in [0.15, 0.2) is 0 Å².